The molecule has 1 amide bonds. The van der Waals surface area contributed by atoms with Gasteiger partial charge < -0.3 is 19.1 Å². The molecule has 2 aromatic carbocycles. The molecule has 2 bridgehead atoms. The Hall–Kier alpha value is -2.13. The number of nitrogens with one attached hydrogen (secondary N) is 1. The van der Waals surface area contributed by atoms with Gasteiger partial charge in [-0.25, -0.2) is 4.21 Å². The SMILES string of the molecule is CCCc1cc(Cl)ccc1C1COc2ccc3cc2N(C1)CC1CCC1[C@H](C1OCCCO1)CCCC(C)CS(=O)NC3=O. The van der Waals surface area contributed by atoms with Crippen molar-refractivity contribution in [1.29, 1.82) is 0 Å². The van der Waals surface area contributed by atoms with Gasteiger partial charge in [0.2, 0.25) is 0 Å². The van der Waals surface area contributed by atoms with Crippen molar-refractivity contribution in [2.45, 2.75) is 77.4 Å². The van der Waals surface area contributed by atoms with Gasteiger partial charge in [-0.1, -0.05) is 44.4 Å². The van der Waals surface area contributed by atoms with E-state index in [4.69, 9.17) is 25.8 Å². The van der Waals surface area contributed by atoms with E-state index in [9.17, 15) is 9.00 Å². The number of anilines is 1. The molecular weight excluding hydrogens is 596 g/mol. The fraction of sp³-hybridized carbons (Fsp3) is 0.629. The van der Waals surface area contributed by atoms with Crippen molar-refractivity contribution in [2.75, 3.05) is 43.6 Å². The summed E-state index contributed by atoms with van der Waals surface area (Å²) < 4.78 is 34.7. The van der Waals surface area contributed by atoms with Crippen LogP contribution in [-0.4, -0.2) is 55.1 Å². The summed E-state index contributed by atoms with van der Waals surface area (Å²) in [6, 6.07) is 11.9. The summed E-state index contributed by atoms with van der Waals surface area (Å²) in [5, 5.41) is 0.762. The maximum atomic E-state index is 13.3. The zero-order valence-corrected chi connectivity index (χ0v) is 27.7. The highest BCUT2D eigenvalue weighted by Gasteiger charge is 2.43. The summed E-state index contributed by atoms with van der Waals surface area (Å²) in [5.74, 6) is 2.68. The molecule has 2 aromatic rings. The largest absolute Gasteiger partial charge is 0.491 e. The van der Waals surface area contributed by atoms with Crippen LogP contribution in [0.25, 0.3) is 0 Å². The van der Waals surface area contributed by atoms with Gasteiger partial charge in [0.25, 0.3) is 5.91 Å². The Kier molecular flexibility index (Phi) is 10.5. The highest BCUT2D eigenvalue weighted by molar-refractivity contribution is 7.83. The van der Waals surface area contributed by atoms with Crippen LogP contribution in [0.2, 0.25) is 5.02 Å². The van der Waals surface area contributed by atoms with Gasteiger partial charge in [-0.3, -0.25) is 9.52 Å². The fourth-order valence-electron chi connectivity index (χ4n) is 7.68. The Morgan fingerprint density at radius 3 is 2.61 bits per heavy atom. The van der Waals surface area contributed by atoms with E-state index in [0.717, 1.165) is 81.3 Å². The molecule has 5 unspecified atom stereocenters. The van der Waals surface area contributed by atoms with Gasteiger partial charge in [0.1, 0.15) is 16.7 Å². The van der Waals surface area contributed by atoms with Crippen LogP contribution in [0.4, 0.5) is 5.69 Å². The van der Waals surface area contributed by atoms with Crippen molar-refractivity contribution < 1.29 is 23.2 Å². The Balaban J connectivity index is 1.35. The molecule has 0 radical (unpaired) electrons. The van der Waals surface area contributed by atoms with Crippen molar-refractivity contribution in [3.8, 4) is 5.75 Å². The molecule has 1 saturated heterocycles. The van der Waals surface area contributed by atoms with E-state index in [1.165, 1.54) is 24.0 Å². The Morgan fingerprint density at radius 1 is 1.00 bits per heavy atom. The van der Waals surface area contributed by atoms with Crippen LogP contribution in [0, 0.1) is 23.7 Å². The molecule has 44 heavy (non-hydrogen) atoms. The molecule has 2 fully saturated rings. The van der Waals surface area contributed by atoms with Gasteiger partial charge >= 0.3 is 0 Å². The number of hydrogen-bond donors (Lipinski definition) is 1. The zero-order valence-electron chi connectivity index (χ0n) is 26.1. The minimum atomic E-state index is -1.44. The number of amides is 1. The maximum absolute atomic E-state index is 13.3. The molecule has 1 aliphatic carbocycles. The van der Waals surface area contributed by atoms with E-state index >= 15 is 0 Å². The summed E-state index contributed by atoms with van der Waals surface area (Å²) in [5.41, 5.74) is 4.00. The maximum Gasteiger partial charge on any atom is 0.263 e. The van der Waals surface area contributed by atoms with Gasteiger partial charge in [0.15, 0.2) is 6.29 Å². The van der Waals surface area contributed by atoms with Crippen molar-refractivity contribution in [3.05, 3.63) is 58.1 Å². The number of hydrogen-bond acceptors (Lipinski definition) is 6. The van der Waals surface area contributed by atoms with E-state index < -0.39 is 11.0 Å². The fourth-order valence-corrected chi connectivity index (χ4v) is 8.96. The third-order valence-corrected chi connectivity index (χ3v) is 11.6. The smallest absolute Gasteiger partial charge is 0.263 e. The van der Waals surface area contributed by atoms with E-state index in [1.54, 1.807) is 6.07 Å². The first-order valence-corrected chi connectivity index (χ1v) is 18.3. The lowest BCUT2D eigenvalue weighted by atomic mass is 9.65. The highest BCUT2D eigenvalue weighted by Crippen LogP contribution is 2.47. The molecule has 0 aromatic heterocycles. The number of halogens is 1. The third-order valence-electron chi connectivity index (χ3n) is 10.1. The van der Waals surface area contributed by atoms with Crippen LogP contribution in [0.1, 0.15) is 86.2 Å². The molecule has 6 atom stereocenters. The number of rotatable bonds is 4. The monoisotopic (exact) mass is 642 g/mol. The first-order valence-electron chi connectivity index (χ1n) is 16.6. The van der Waals surface area contributed by atoms with Crippen molar-refractivity contribution in [1.82, 2.24) is 4.72 Å². The van der Waals surface area contributed by atoms with Crippen LogP contribution in [0.5, 0.6) is 5.75 Å². The van der Waals surface area contributed by atoms with Crippen LogP contribution in [0.3, 0.4) is 0 Å². The molecule has 3 heterocycles. The molecule has 4 aliphatic rings. The predicted molar refractivity (Wildman–Crippen MR) is 176 cm³/mol. The molecule has 9 heteroatoms. The van der Waals surface area contributed by atoms with Gasteiger partial charge in [-0.2, -0.15) is 0 Å². The number of benzene rings is 2. The average molecular weight is 643 g/mol. The average Bonchev–Trinajstić information content (AvgIpc) is 3.18. The summed E-state index contributed by atoms with van der Waals surface area (Å²) in [4.78, 5) is 15.7. The van der Waals surface area contributed by atoms with E-state index in [1.807, 2.05) is 18.2 Å². The lowest BCUT2D eigenvalue weighted by Crippen LogP contribution is -2.47. The Morgan fingerprint density at radius 2 is 1.84 bits per heavy atom. The summed E-state index contributed by atoms with van der Waals surface area (Å²) >= 11 is 6.44. The van der Waals surface area contributed by atoms with Gasteiger partial charge in [-0.05, 0) is 97.7 Å². The van der Waals surface area contributed by atoms with Gasteiger partial charge in [-0.15, -0.1) is 0 Å². The van der Waals surface area contributed by atoms with Crippen molar-refractivity contribution >= 4 is 34.2 Å². The molecule has 1 N–H and O–H groups in total. The zero-order chi connectivity index (χ0) is 30.6. The lowest BCUT2D eigenvalue weighted by molar-refractivity contribution is -0.224. The van der Waals surface area contributed by atoms with Crippen LogP contribution < -0.4 is 14.4 Å². The quantitative estimate of drug-likeness (QED) is 0.391. The summed E-state index contributed by atoms with van der Waals surface area (Å²) in [6.45, 7) is 8.06. The highest BCUT2D eigenvalue weighted by atomic mass is 35.5. The number of ether oxygens (including phenoxy) is 3. The van der Waals surface area contributed by atoms with Crippen LogP contribution in [0.15, 0.2) is 36.4 Å². The Bertz CT molecular complexity index is 1330. The second kappa shape index (κ2) is 14.5. The standard InChI is InChI=1S/C35H47ClN2O5S/c1-3-6-24-17-28(36)11-13-29(24)27-20-38-19-26-9-12-30(26)31(35-41-15-5-16-42-35)8-4-7-23(2)22-44(40)37-34(39)25-10-14-33(43-21-27)32(38)18-25/h10-11,13-14,17-18,23,26-27,30-31,35H,3-9,12,15-16,19-22H2,1-2H3,(H,37,39)/t23?,26?,27?,30?,31-,44?/m1/s1. The van der Waals surface area contributed by atoms with Gasteiger partial charge in [0.05, 0.1) is 25.5 Å². The third kappa shape index (κ3) is 7.30. The van der Waals surface area contributed by atoms with Gasteiger partial charge in [0, 0.05) is 41.3 Å². The molecule has 7 nitrogen and oxygen atoms in total. The molecular formula is C35H47ClN2O5S. The van der Waals surface area contributed by atoms with E-state index in [-0.39, 0.29) is 24.0 Å². The Labute approximate surface area is 269 Å². The number of aryl methyl sites for hydroxylation is 1. The topological polar surface area (TPSA) is 77.1 Å². The van der Waals surface area contributed by atoms with Crippen molar-refractivity contribution in [3.63, 3.8) is 0 Å². The number of nitrogens with zero attached hydrogens (tertiary/aromatic N) is 1. The minimum Gasteiger partial charge on any atom is -0.491 e. The summed E-state index contributed by atoms with van der Waals surface area (Å²) in [6.07, 6.45) is 8.19. The van der Waals surface area contributed by atoms with Crippen LogP contribution in [-0.2, 0) is 26.9 Å². The molecule has 240 valence electrons. The number of fused-ring (bicyclic) bond motifs is 2. The van der Waals surface area contributed by atoms with Crippen LogP contribution >= 0.6 is 11.6 Å². The first kappa shape index (κ1) is 31.8. The normalized spacial score (nSPS) is 30.3. The lowest BCUT2D eigenvalue weighted by Gasteiger charge is -2.47. The number of carbonyl (C=O) groups excluding carboxylic acids is 1. The predicted octanol–water partition coefficient (Wildman–Crippen LogP) is 6.89. The molecule has 3 aliphatic heterocycles. The minimum absolute atomic E-state index is 0.149. The first-order chi connectivity index (χ1) is 21.4. The number of carbonyl (C=O) groups is 1. The summed E-state index contributed by atoms with van der Waals surface area (Å²) in [7, 11) is -1.44. The van der Waals surface area contributed by atoms with E-state index in [0.29, 0.717) is 35.7 Å². The van der Waals surface area contributed by atoms with E-state index in [2.05, 4.69) is 35.6 Å². The molecule has 1 saturated carbocycles. The second-order valence-corrected chi connectivity index (χ2v) is 15.0. The second-order valence-electron chi connectivity index (χ2n) is 13.3. The van der Waals surface area contributed by atoms with Crippen molar-refractivity contribution in [2.24, 2.45) is 23.7 Å². The molecule has 0 spiro atoms. The molecule has 6 rings (SSSR count).